The summed E-state index contributed by atoms with van der Waals surface area (Å²) in [6, 6.07) is 6.98. The lowest BCUT2D eigenvalue weighted by Gasteiger charge is -2.19. The van der Waals surface area contributed by atoms with Gasteiger partial charge in [-0.15, -0.1) is 0 Å². The standard InChI is InChI=1S/C23H26F3N2O2S/c1-3-5-7-8-14-30-21-18(25)17(24)20-22(19(21)26)31-28-23(27-20)15-9-11-16(12-10-15)29-13-6-4-2/h9-12H,3-8,13-14H2,1-2H3. The van der Waals surface area contributed by atoms with Crippen LogP contribution in [0.4, 0.5) is 18.9 Å². The topological polar surface area (TPSA) is 44.9 Å². The molecule has 0 aromatic heterocycles. The Morgan fingerprint density at radius 1 is 0.806 bits per heavy atom. The quantitative estimate of drug-likeness (QED) is 0.211. The van der Waals surface area contributed by atoms with Crippen LogP contribution in [0.1, 0.15) is 57.9 Å². The fourth-order valence-corrected chi connectivity index (χ4v) is 3.71. The van der Waals surface area contributed by atoms with Crippen molar-refractivity contribution in [2.75, 3.05) is 13.2 Å². The summed E-state index contributed by atoms with van der Waals surface area (Å²) in [6.45, 7) is 4.88. The molecule has 2 aromatic rings. The molecule has 0 unspecified atom stereocenters. The van der Waals surface area contributed by atoms with Crippen molar-refractivity contribution in [3.63, 3.8) is 0 Å². The maximum Gasteiger partial charge on any atom is 0.206 e. The minimum absolute atomic E-state index is 0.120. The average Bonchev–Trinajstić information content (AvgIpc) is 2.79. The lowest BCUT2D eigenvalue weighted by molar-refractivity contribution is 0.267. The van der Waals surface area contributed by atoms with Crippen LogP contribution in [0.2, 0.25) is 0 Å². The van der Waals surface area contributed by atoms with E-state index in [0.29, 0.717) is 24.3 Å². The Labute approximate surface area is 185 Å². The molecule has 0 N–H and O–H groups in total. The van der Waals surface area contributed by atoms with E-state index in [9.17, 15) is 13.2 Å². The Hall–Kier alpha value is -2.35. The van der Waals surface area contributed by atoms with Gasteiger partial charge in [-0.3, -0.25) is 0 Å². The zero-order valence-electron chi connectivity index (χ0n) is 17.7. The van der Waals surface area contributed by atoms with Crippen LogP contribution < -0.4 is 14.8 Å². The van der Waals surface area contributed by atoms with Crippen LogP contribution in [-0.2, 0) is 0 Å². The van der Waals surface area contributed by atoms with Crippen molar-refractivity contribution in [1.29, 1.82) is 0 Å². The molecule has 1 heterocycles. The lowest BCUT2D eigenvalue weighted by atomic mass is 10.1. The minimum Gasteiger partial charge on any atom is -0.494 e. The van der Waals surface area contributed by atoms with E-state index in [-0.39, 0.29) is 17.3 Å². The molecule has 1 aliphatic heterocycles. The second-order valence-corrected chi connectivity index (χ2v) is 7.98. The molecule has 3 rings (SSSR count). The monoisotopic (exact) mass is 451 g/mol. The van der Waals surface area contributed by atoms with Crippen molar-refractivity contribution in [2.45, 2.75) is 57.3 Å². The van der Waals surface area contributed by atoms with E-state index in [2.05, 4.69) is 23.6 Å². The van der Waals surface area contributed by atoms with Gasteiger partial charge in [0.05, 0.1) is 18.1 Å². The molecule has 4 nitrogen and oxygen atoms in total. The molecule has 1 radical (unpaired) electrons. The van der Waals surface area contributed by atoms with E-state index < -0.39 is 28.9 Å². The Balaban J connectivity index is 1.73. The first kappa shape index (κ1) is 23.3. The summed E-state index contributed by atoms with van der Waals surface area (Å²) >= 11 is 0.725. The smallest absolute Gasteiger partial charge is 0.206 e. The van der Waals surface area contributed by atoms with Gasteiger partial charge in [0.15, 0.2) is 23.2 Å². The lowest BCUT2D eigenvalue weighted by Crippen LogP contribution is -2.18. The molecule has 1 aliphatic rings. The van der Waals surface area contributed by atoms with E-state index >= 15 is 0 Å². The van der Waals surface area contributed by atoms with Crippen LogP contribution in [0.15, 0.2) is 33.6 Å². The molecule has 31 heavy (non-hydrogen) atoms. The average molecular weight is 452 g/mol. The summed E-state index contributed by atoms with van der Waals surface area (Å²) in [4.78, 5) is -0.175. The van der Waals surface area contributed by atoms with Gasteiger partial charge in [0.25, 0.3) is 0 Å². The van der Waals surface area contributed by atoms with Gasteiger partial charge < -0.3 is 9.47 Å². The van der Waals surface area contributed by atoms with Crippen LogP contribution >= 0.6 is 11.9 Å². The van der Waals surface area contributed by atoms with Gasteiger partial charge in [0.2, 0.25) is 5.82 Å². The van der Waals surface area contributed by atoms with Gasteiger partial charge in [-0.05, 0) is 37.1 Å². The van der Waals surface area contributed by atoms with Gasteiger partial charge in [-0.2, -0.15) is 8.79 Å². The Morgan fingerprint density at radius 2 is 1.52 bits per heavy atom. The van der Waals surface area contributed by atoms with E-state index in [4.69, 9.17) is 9.47 Å². The predicted molar refractivity (Wildman–Crippen MR) is 117 cm³/mol. The Kier molecular flexibility index (Phi) is 8.51. The van der Waals surface area contributed by atoms with E-state index in [1.54, 1.807) is 24.3 Å². The van der Waals surface area contributed by atoms with Crippen molar-refractivity contribution >= 4 is 23.5 Å². The van der Waals surface area contributed by atoms with Crippen LogP contribution in [0.25, 0.3) is 0 Å². The molecule has 0 spiro atoms. The second-order valence-electron chi connectivity index (χ2n) is 7.20. The van der Waals surface area contributed by atoms with Crippen LogP contribution in [-0.4, -0.2) is 19.0 Å². The van der Waals surface area contributed by atoms with Gasteiger partial charge in [-0.25, -0.2) is 14.1 Å². The van der Waals surface area contributed by atoms with Crippen LogP contribution in [0.5, 0.6) is 11.5 Å². The van der Waals surface area contributed by atoms with E-state index in [1.807, 2.05) is 0 Å². The molecule has 8 heteroatoms. The van der Waals surface area contributed by atoms with Crippen molar-refractivity contribution < 1.29 is 22.6 Å². The summed E-state index contributed by atoms with van der Waals surface area (Å²) in [5.41, 5.74) is 0.198. The number of nitrogens with zero attached hydrogens (tertiary/aromatic N) is 2. The fraction of sp³-hybridized carbons (Fsp3) is 0.435. The number of hydrogen-bond acceptors (Lipinski definition) is 4. The van der Waals surface area contributed by atoms with Gasteiger partial charge >= 0.3 is 0 Å². The Bertz CT molecular complexity index is 920. The molecule has 0 atom stereocenters. The first-order valence-corrected chi connectivity index (χ1v) is 11.4. The van der Waals surface area contributed by atoms with Gasteiger partial charge in [-0.1, -0.05) is 39.5 Å². The van der Waals surface area contributed by atoms with Crippen LogP contribution in [0.3, 0.4) is 0 Å². The number of ether oxygens (including phenoxy) is 2. The number of fused-ring (bicyclic) bond motifs is 1. The van der Waals surface area contributed by atoms with Crippen molar-refractivity contribution in [1.82, 2.24) is 5.32 Å². The summed E-state index contributed by atoms with van der Waals surface area (Å²) in [6.07, 6.45) is 5.55. The summed E-state index contributed by atoms with van der Waals surface area (Å²) < 4.78 is 59.0. The third kappa shape index (κ3) is 5.67. The van der Waals surface area contributed by atoms with Crippen molar-refractivity contribution in [2.24, 2.45) is 4.40 Å². The minimum atomic E-state index is -1.36. The fourth-order valence-electron chi connectivity index (χ4n) is 2.99. The maximum absolute atomic E-state index is 14.8. The summed E-state index contributed by atoms with van der Waals surface area (Å²) in [5.74, 6) is -3.39. The normalized spacial score (nSPS) is 12.7. The van der Waals surface area contributed by atoms with Crippen molar-refractivity contribution in [3.05, 3.63) is 47.3 Å². The van der Waals surface area contributed by atoms with Gasteiger partial charge in [0.1, 0.15) is 11.4 Å². The highest BCUT2D eigenvalue weighted by atomic mass is 32.2. The SMILES string of the molecule is CCCCCCOc1c(F)c(F)c2c(c1F)SN=C(c1ccc(OCCCC)cc1)[N]2. The zero-order valence-corrected chi connectivity index (χ0v) is 18.5. The first-order chi connectivity index (χ1) is 15.1. The summed E-state index contributed by atoms with van der Waals surface area (Å²) in [7, 11) is 0. The number of benzene rings is 2. The third-order valence-corrected chi connectivity index (χ3v) is 5.60. The summed E-state index contributed by atoms with van der Waals surface area (Å²) in [5, 5.41) is 4.08. The molecule has 0 aliphatic carbocycles. The van der Waals surface area contributed by atoms with Crippen LogP contribution in [0, 0.1) is 17.5 Å². The number of rotatable bonds is 11. The molecular weight excluding hydrogens is 425 g/mol. The molecule has 0 saturated carbocycles. The highest BCUT2D eigenvalue weighted by Crippen LogP contribution is 2.43. The molecule has 0 saturated heterocycles. The molecule has 2 aromatic carbocycles. The van der Waals surface area contributed by atoms with Gasteiger partial charge in [0, 0.05) is 17.5 Å². The largest absolute Gasteiger partial charge is 0.494 e. The highest BCUT2D eigenvalue weighted by Gasteiger charge is 2.31. The second kappa shape index (κ2) is 11.3. The molecule has 0 amide bonds. The van der Waals surface area contributed by atoms with E-state index in [1.165, 1.54) is 0 Å². The number of hydrogen-bond donors (Lipinski definition) is 0. The number of halogens is 3. The maximum atomic E-state index is 14.8. The number of unbranched alkanes of at least 4 members (excludes halogenated alkanes) is 4. The molecule has 0 bridgehead atoms. The number of amidine groups is 1. The molecule has 0 fully saturated rings. The first-order valence-electron chi connectivity index (χ1n) is 10.6. The highest BCUT2D eigenvalue weighted by molar-refractivity contribution is 7.98. The van der Waals surface area contributed by atoms with Crippen molar-refractivity contribution in [3.8, 4) is 11.5 Å². The van der Waals surface area contributed by atoms with E-state index in [0.717, 1.165) is 44.1 Å². The predicted octanol–water partition coefficient (Wildman–Crippen LogP) is 6.95. The Morgan fingerprint density at radius 3 is 2.23 bits per heavy atom. The third-order valence-electron chi connectivity index (χ3n) is 4.78. The molecule has 167 valence electrons. The molecular formula is C23H26F3N2O2S. The zero-order chi connectivity index (χ0) is 22.2.